The molecule has 0 spiro atoms. The molecule has 1 aromatic carbocycles. The van der Waals surface area contributed by atoms with Gasteiger partial charge in [0, 0.05) is 24.2 Å². The Bertz CT molecular complexity index is 779. The maximum absolute atomic E-state index is 12.3. The summed E-state index contributed by atoms with van der Waals surface area (Å²) in [7, 11) is 0. The van der Waals surface area contributed by atoms with Gasteiger partial charge in [0.2, 0.25) is 0 Å². The Balaban J connectivity index is 1.71. The second-order valence-electron chi connectivity index (χ2n) is 5.78. The highest BCUT2D eigenvalue weighted by Crippen LogP contribution is 2.27. The van der Waals surface area contributed by atoms with E-state index in [4.69, 9.17) is 27.9 Å². The first kappa shape index (κ1) is 17.9. The van der Waals surface area contributed by atoms with Gasteiger partial charge in [0.15, 0.2) is 0 Å². The second kappa shape index (κ2) is 7.99. The number of amides is 1. The molecule has 1 aromatic heterocycles. The molecule has 1 atom stereocenters. The fraction of sp³-hybridized carbons (Fsp3) is 0.353. The van der Waals surface area contributed by atoms with Gasteiger partial charge in [-0.15, -0.1) is 0 Å². The van der Waals surface area contributed by atoms with E-state index in [9.17, 15) is 4.79 Å². The average Bonchev–Trinajstić information content (AvgIpc) is 3.08. The normalized spacial score (nSPS) is 16.7. The summed E-state index contributed by atoms with van der Waals surface area (Å²) in [5.74, 6) is 0.711. The molecule has 132 valence electrons. The Morgan fingerprint density at radius 3 is 2.88 bits per heavy atom. The molecular formula is C17H18Cl2N4O2. The Hall–Kier alpha value is -1.89. The smallest absolute Gasteiger partial charge is 0.270 e. The van der Waals surface area contributed by atoms with Crippen LogP contribution >= 0.6 is 23.2 Å². The van der Waals surface area contributed by atoms with Crippen molar-refractivity contribution in [3.05, 3.63) is 45.8 Å². The first-order valence-corrected chi connectivity index (χ1v) is 8.74. The highest BCUT2D eigenvalue weighted by atomic mass is 35.5. The van der Waals surface area contributed by atoms with Crippen LogP contribution in [-0.4, -0.2) is 35.1 Å². The molecule has 2 N–H and O–H groups in total. The highest BCUT2D eigenvalue weighted by Gasteiger charge is 2.18. The fourth-order valence-electron chi connectivity index (χ4n) is 2.58. The molecule has 25 heavy (non-hydrogen) atoms. The van der Waals surface area contributed by atoms with Gasteiger partial charge in [-0.1, -0.05) is 23.2 Å². The minimum absolute atomic E-state index is 0.0809. The highest BCUT2D eigenvalue weighted by molar-refractivity contribution is 6.36. The van der Waals surface area contributed by atoms with Crippen molar-refractivity contribution < 1.29 is 9.53 Å². The standard InChI is InChI=1S/C17H18Cl2N4O2/c1-10-21-15(17(24)20-9-12-3-2-6-25-12)8-16(22-10)23-14-5-4-11(18)7-13(14)19/h4-5,7-8,12H,2-3,6,9H2,1H3,(H,20,24)(H,21,22,23). The number of nitrogens with one attached hydrogen (secondary N) is 2. The van der Waals surface area contributed by atoms with E-state index in [0.717, 1.165) is 19.4 Å². The lowest BCUT2D eigenvalue weighted by Crippen LogP contribution is -2.32. The second-order valence-corrected chi connectivity index (χ2v) is 6.62. The molecule has 2 aromatic rings. The molecule has 1 saturated heterocycles. The third-order valence-electron chi connectivity index (χ3n) is 3.78. The van der Waals surface area contributed by atoms with Crippen molar-refractivity contribution in [3.8, 4) is 0 Å². The maximum atomic E-state index is 12.3. The van der Waals surface area contributed by atoms with Crippen LogP contribution in [0.4, 0.5) is 11.5 Å². The number of carbonyl (C=O) groups excluding carboxylic acids is 1. The van der Waals surface area contributed by atoms with Crippen LogP contribution in [0.25, 0.3) is 0 Å². The fourth-order valence-corrected chi connectivity index (χ4v) is 3.04. The number of benzene rings is 1. The minimum atomic E-state index is -0.258. The van der Waals surface area contributed by atoms with Gasteiger partial charge in [0.05, 0.1) is 16.8 Å². The molecular weight excluding hydrogens is 363 g/mol. The van der Waals surface area contributed by atoms with Crippen LogP contribution in [0.2, 0.25) is 10.0 Å². The number of rotatable bonds is 5. The number of hydrogen-bond acceptors (Lipinski definition) is 5. The maximum Gasteiger partial charge on any atom is 0.270 e. The number of carbonyl (C=O) groups is 1. The monoisotopic (exact) mass is 380 g/mol. The van der Waals surface area contributed by atoms with E-state index >= 15 is 0 Å². The minimum Gasteiger partial charge on any atom is -0.376 e. The Morgan fingerprint density at radius 1 is 1.32 bits per heavy atom. The number of hydrogen-bond donors (Lipinski definition) is 2. The van der Waals surface area contributed by atoms with Gasteiger partial charge in [-0.05, 0) is 38.0 Å². The predicted octanol–water partition coefficient (Wildman–Crippen LogP) is 3.74. The van der Waals surface area contributed by atoms with Gasteiger partial charge < -0.3 is 15.4 Å². The van der Waals surface area contributed by atoms with Crippen LogP contribution in [0.15, 0.2) is 24.3 Å². The molecule has 1 unspecified atom stereocenters. The predicted molar refractivity (Wildman–Crippen MR) is 97.8 cm³/mol. The summed E-state index contributed by atoms with van der Waals surface area (Å²) in [6.45, 7) is 2.96. The summed E-state index contributed by atoms with van der Waals surface area (Å²) in [4.78, 5) is 20.8. The van der Waals surface area contributed by atoms with Crippen molar-refractivity contribution in [2.45, 2.75) is 25.9 Å². The first-order valence-electron chi connectivity index (χ1n) is 7.99. The molecule has 1 aliphatic heterocycles. The van der Waals surface area contributed by atoms with Crippen LogP contribution < -0.4 is 10.6 Å². The number of halogens is 2. The summed E-state index contributed by atoms with van der Waals surface area (Å²) >= 11 is 12.1. The van der Waals surface area contributed by atoms with E-state index in [1.54, 1.807) is 31.2 Å². The lowest BCUT2D eigenvalue weighted by molar-refractivity contribution is 0.0853. The number of anilines is 2. The van der Waals surface area contributed by atoms with Gasteiger partial charge in [-0.25, -0.2) is 9.97 Å². The zero-order chi connectivity index (χ0) is 17.8. The quantitative estimate of drug-likeness (QED) is 0.825. The molecule has 0 saturated carbocycles. The van der Waals surface area contributed by atoms with Crippen molar-refractivity contribution in [2.24, 2.45) is 0 Å². The van der Waals surface area contributed by atoms with Gasteiger partial charge >= 0.3 is 0 Å². The topological polar surface area (TPSA) is 76.1 Å². The number of aryl methyl sites for hydroxylation is 1. The van der Waals surface area contributed by atoms with E-state index < -0.39 is 0 Å². The third kappa shape index (κ3) is 4.81. The average molecular weight is 381 g/mol. The van der Waals surface area contributed by atoms with Gasteiger partial charge in [0.1, 0.15) is 17.3 Å². The Kier molecular flexibility index (Phi) is 5.73. The van der Waals surface area contributed by atoms with Crippen LogP contribution in [0.3, 0.4) is 0 Å². The zero-order valence-electron chi connectivity index (χ0n) is 13.7. The molecule has 1 amide bonds. The zero-order valence-corrected chi connectivity index (χ0v) is 15.2. The van der Waals surface area contributed by atoms with Crippen molar-refractivity contribution in [2.75, 3.05) is 18.5 Å². The van der Waals surface area contributed by atoms with Gasteiger partial charge in [-0.2, -0.15) is 0 Å². The summed E-state index contributed by atoms with van der Waals surface area (Å²) in [6, 6.07) is 6.69. The summed E-state index contributed by atoms with van der Waals surface area (Å²) < 4.78 is 5.50. The molecule has 8 heteroatoms. The lowest BCUT2D eigenvalue weighted by atomic mass is 10.2. The molecule has 0 radical (unpaired) electrons. The molecule has 0 bridgehead atoms. The molecule has 6 nitrogen and oxygen atoms in total. The largest absolute Gasteiger partial charge is 0.376 e. The van der Waals surface area contributed by atoms with E-state index in [0.29, 0.717) is 33.9 Å². The molecule has 1 aliphatic rings. The van der Waals surface area contributed by atoms with Crippen LogP contribution in [0.1, 0.15) is 29.2 Å². The molecule has 0 aliphatic carbocycles. The Morgan fingerprint density at radius 2 is 2.16 bits per heavy atom. The number of ether oxygens (including phenoxy) is 1. The van der Waals surface area contributed by atoms with Crippen molar-refractivity contribution in [1.82, 2.24) is 15.3 Å². The van der Waals surface area contributed by atoms with Crippen molar-refractivity contribution >= 4 is 40.6 Å². The summed E-state index contributed by atoms with van der Waals surface area (Å²) in [5, 5.41) is 6.95. The molecule has 1 fully saturated rings. The SMILES string of the molecule is Cc1nc(Nc2ccc(Cl)cc2Cl)cc(C(=O)NCC2CCCO2)n1. The van der Waals surface area contributed by atoms with E-state index in [1.165, 1.54) is 0 Å². The Labute approximate surface area is 155 Å². The van der Waals surface area contributed by atoms with Crippen LogP contribution in [-0.2, 0) is 4.74 Å². The van der Waals surface area contributed by atoms with Gasteiger partial charge in [-0.3, -0.25) is 4.79 Å². The van der Waals surface area contributed by atoms with Gasteiger partial charge in [0.25, 0.3) is 5.91 Å². The molecule has 3 rings (SSSR count). The van der Waals surface area contributed by atoms with E-state index in [2.05, 4.69) is 20.6 Å². The summed E-state index contributed by atoms with van der Waals surface area (Å²) in [5.41, 5.74) is 0.938. The van der Waals surface area contributed by atoms with Crippen LogP contribution in [0, 0.1) is 6.92 Å². The summed E-state index contributed by atoms with van der Waals surface area (Å²) in [6.07, 6.45) is 2.07. The molecule has 2 heterocycles. The van der Waals surface area contributed by atoms with E-state index in [-0.39, 0.29) is 17.7 Å². The number of aromatic nitrogens is 2. The van der Waals surface area contributed by atoms with Crippen molar-refractivity contribution in [3.63, 3.8) is 0 Å². The van der Waals surface area contributed by atoms with Crippen LogP contribution in [0.5, 0.6) is 0 Å². The number of nitrogens with zero attached hydrogens (tertiary/aromatic N) is 2. The lowest BCUT2D eigenvalue weighted by Gasteiger charge is -2.12. The third-order valence-corrected chi connectivity index (χ3v) is 4.33. The van der Waals surface area contributed by atoms with E-state index in [1.807, 2.05) is 0 Å². The van der Waals surface area contributed by atoms with Crippen molar-refractivity contribution in [1.29, 1.82) is 0 Å². The first-order chi connectivity index (χ1) is 12.0.